The number of sulfonamides is 1. The smallest absolute Gasteiger partial charge is 0.422 e. The van der Waals surface area contributed by atoms with Gasteiger partial charge in [-0.3, -0.25) is 19.3 Å². The Morgan fingerprint density at radius 1 is 1.00 bits per heavy atom. The molecule has 1 aromatic heterocycles. The van der Waals surface area contributed by atoms with E-state index >= 15 is 0 Å². The van der Waals surface area contributed by atoms with E-state index in [9.17, 15) is 44.3 Å². The summed E-state index contributed by atoms with van der Waals surface area (Å²) in [5, 5.41) is -0.170. The first kappa shape index (κ1) is 36.3. The predicted molar refractivity (Wildman–Crippen MR) is 169 cm³/mol. The molecule has 2 amide bonds. The molecule has 0 saturated carbocycles. The van der Waals surface area contributed by atoms with E-state index in [0.717, 1.165) is 4.90 Å². The largest absolute Gasteiger partial charge is 0.496 e. The van der Waals surface area contributed by atoms with Crippen LogP contribution in [-0.2, 0) is 33.5 Å². The average Bonchev–Trinajstić information content (AvgIpc) is 3.33. The topological polar surface area (TPSA) is 124 Å². The SMILES string of the molecule is [B]c1ccc(OC)c(CC(=O)NS(=O)(=O)Cc2ccc(N3Cc4c(c(OCC(F)(F)F)c5cccnc5c4OCC(F)(F)F)C3=O)c(C)c2)c1. The number of nitrogens with zero attached hydrogens (tertiary/aromatic N) is 2. The van der Waals surface area contributed by atoms with Crippen LogP contribution in [0.3, 0.4) is 0 Å². The van der Waals surface area contributed by atoms with Crippen LogP contribution in [0.1, 0.15) is 32.6 Å². The number of pyridine rings is 1. The lowest BCUT2D eigenvalue weighted by Gasteiger charge is -2.19. The molecule has 2 radical (unpaired) electrons. The molecule has 0 fully saturated rings. The molecule has 18 heteroatoms. The van der Waals surface area contributed by atoms with Gasteiger partial charge in [0, 0.05) is 28.4 Å². The second-order valence-corrected chi connectivity index (χ2v) is 13.0. The monoisotopic (exact) mass is 721 g/mol. The van der Waals surface area contributed by atoms with Crippen LogP contribution in [0.2, 0.25) is 0 Å². The molecule has 0 bridgehead atoms. The molecule has 0 unspecified atom stereocenters. The Kier molecular flexibility index (Phi) is 9.96. The highest BCUT2D eigenvalue weighted by Gasteiger charge is 2.40. The van der Waals surface area contributed by atoms with Gasteiger partial charge in [-0.25, -0.2) is 8.42 Å². The van der Waals surface area contributed by atoms with Crippen LogP contribution >= 0.6 is 0 Å². The van der Waals surface area contributed by atoms with E-state index in [1.807, 2.05) is 4.72 Å². The molecule has 1 N–H and O–H groups in total. The number of ether oxygens (including phenoxy) is 3. The molecule has 1 aliphatic heterocycles. The van der Waals surface area contributed by atoms with Gasteiger partial charge in [-0.15, -0.1) is 0 Å². The van der Waals surface area contributed by atoms with Gasteiger partial charge in [-0.2, -0.15) is 26.3 Å². The van der Waals surface area contributed by atoms with Crippen LogP contribution in [0.15, 0.2) is 54.7 Å². The van der Waals surface area contributed by atoms with Crippen LogP contribution < -0.4 is 29.3 Å². The number of hydrogen-bond donors (Lipinski definition) is 1. The van der Waals surface area contributed by atoms with Crippen molar-refractivity contribution in [1.82, 2.24) is 9.71 Å². The fourth-order valence-electron chi connectivity index (χ4n) is 5.53. The number of hydrogen-bond acceptors (Lipinski definition) is 8. The number of methoxy groups -OCH3 is 1. The third-order valence-corrected chi connectivity index (χ3v) is 8.69. The summed E-state index contributed by atoms with van der Waals surface area (Å²) in [5.74, 6) is -3.04. The second kappa shape index (κ2) is 13.7. The van der Waals surface area contributed by atoms with Crippen LogP contribution in [0.5, 0.6) is 17.2 Å². The molecule has 0 saturated heterocycles. The minimum absolute atomic E-state index is 0.170. The zero-order chi connectivity index (χ0) is 36.6. The van der Waals surface area contributed by atoms with Crippen molar-refractivity contribution < 1.29 is 58.6 Å². The highest BCUT2D eigenvalue weighted by Crippen LogP contribution is 2.46. The third-order valence-electron chi connectivity index (χ3n) is 7.44. The second-order valence-electron chi connectivity index (χ2n) is 11.3. The Labute approximate surface area is 282 Å². The summed E-state index contributed by atoms with van der Waals surface area (Å²) in [6.07, 6.45) is -8.76. The number of fused-ring (bicyclic) bond motifs is 2. The van der Waals surface area contributed by atoms with Crippen LogP contribution in [0, 0.1) is 6.92 Å². The lowest BCUT2D eigenvalue weighted by atomic mass is 9.93. The van der Waals surface area contributed by atoms with Gasteiger partial charge in [0.25, 0.3) is 5.91 Å². The van der Waals surface area contributed by atoms with Gasteiger partial charge in [0.15, 0.2) is 19.0 Å². The predicted octanol–water partition coefficient (Wildman–Crippen LogP) is 4.58. The molecule has 10 nitrogen and oxygen atoms in total. The number of halogens is 6. The van der Waals surface area contributed by atoms with Gasteiger partial charge in [-0.05, 0) is 42.3 Å². The molecule has 4 aromatic rings. The van der Waals surface area contributed by atoms with E-state index in [0.29, 0.717) is 22.3 Å². The van der Waals surface area contributed by atoms with Gasteiger partial charge >= 0.3 is 12.4 Å². The number of aromatic nitrogens is 1. The summed E-state index contributed by atoms with van der Waals surface area (Å²) in [5.41, 5.74) is 0.557. The van der Waals surface area contributed by atoms with Gasteiger partial charge in [0.2, 0.25) is 15.9 Å². The molecule has 1 aliphatic rings. The molecular formula is C32H26BF6N3O7S. The Hall–Kier alpha value is -5.00. The molecule has 0 atom stereocenters. The molecule has 0 spiro atoms. The quantitative estimate of drug-likeness (QED) is 0.177. The normalized spacial score (nSPS) is 13.4. The average molecular weight is 721 g/mol. The maximum Gasteiger partial charge on any atom is 0.422 e. The summed E-state index contributed by atoms with van der Waals surface area (Å²) < 4.78 is 122. The Balaban J connectivity index is 1.43. The van der Waals surface area contributed by atoms with Crippen LogP contribution in [0.25, 0.3) is 10.9 Å². The van der Waals surface area contributed by atoms with E-state index in [1.165, 1.54) is 62.7 Å². The third kappa shape index (κ3) is 8.23. The number of carbonyl (C=O) groups is 2. The molecule has 0 aliphatic carbocycles. The van der Waals surface area contributed by atoms with Gasteiger partial charge in [0.1, 0.15) is 24.9 Å². The highest BCUT2D eigenvalue weighted by atomic mass is 32.2. The molecule has 5 rings (SSSR count). The lowest BCUT2D eigenvalue weighted by molar-refractivity contribution is -0.154. The van der Waals surface area contributed by atoms with Crippen LogP contribution in [0.4, 0.5) is 32.0 Å². The first-order valence-electron chi connectivity index (χ1n) is 14.6. The number of anilines is 1. The summed E-state index contributed by atoms with van der Waals surface area (Å²) in [6.45, 7) is -2.48. The Morgan fingerprint density at radius 3 is 2.32 bits per heavy atom. The molecule has 3 aromatic carbocycles. The van der Waals surface area contributed by atoms with E-state index in [4.69, 9.17) is 22.1 Å². The molecule has 50 heavy (non-hydrogen) atoms. The van der Waals surface area contributed by atoms with Crippen molar-refractivity contribution in [3.05, 3.63) is 82.5 Å². The summed E-state index contributed by atoms with van der Waals surface area (Å²) in [6, 6.07) is 11.3. The number of benzene rings is 3. The number of rotatable bonds is 11. The lowest BCUT2D eigenvalue weighted by Crippen LogP contribution is -2.33. The maximum atomic E-state index is 13.8. The van der Waals surface area contributed by atoms with Crippen molar-refractivity contribution in [3.63, 3.8) is 0 Å². The molecule has 2 heterocycles. The number of aryl methyl sites for hydroxylation is 1. The Bertz CT molecular complexity index is 2090. The first-order chi connectivity index (χ1) is 23.4. The fourth-order valence-corrected chi connectivity index (χ4v) is 6.64. The van der Waals surface area contributed by atoms with Gasteiger partial charge in [0.05, 0.1) is 31.4 Å². The van der Waals surface area contributed by atoms with Gasteiger partial charge < -0.3 is 19.1 Å². The van der Waals surface area contributed by atoms with E-state index in [2.05, 4.69) is 4.98 Å². The van der Waals surface area contributed by atoms with E-state index in [-0.39, 0.29) is 34.1 Å². The number of amides is 2. The zero-order valence-electron chi connectivity index (χ0n) is 26.2. The zero-order valence-corrected chi connectivity index (χ0v) is 27.1. The molecular weight excluding hydrogens is 695 g/mol. The van der Waals surface area contributed by atoms with Crippen molar-refractivity contribution in [2.75, 3.05) is 25.2 Å². The summed E-state index contributed by atoms with van der Waals surface area (Å²) >= 11 is 0. The van der Waals surface area contributed by atoms with Crippen molar-refractivity contribution in [1.29, 1.82) is 0 Å². The number of alkyl halides is 6. The van der Waals surface area contributed by atoms with Gasteiger partial charge in [-0.1, -0.05) is 29.7 Å². The standard InChI is InChI=1S/C32H26BF6N3O7S/c1-17-10-18(14-50(45,46)41-25(43)12-19-11-20(33)6-8-24(19)47-2)5-7-23(17)42-13-22-26(30(42)44)28(48-15-31(34,35)36)21-4-3-9-40-27(21)29(22)49-16-32(37,38)39/h3-11H,12-16H2,1-2H3,(H,41,43). The minimum Gasteiger partial charge on any atom is -0.496 e. The Morgan fingerprint density at radius 2 is 1.68 bits per heavy atom. The fraction of sp³-hybridized carbons (Fsp3) is 0.281. The van der Waals surface area contributed by atoms with Crippen molar-refractivity contribution in [3.8, 4) is 17.2 Å². The number of nitrogens with one attached hydrogen (secondary N) is 1. The number of carbonyl (C=O) groups excluding carboxylic acids is 2. The molecule has 262 valence electrons. The van der Waals surface area contributed by atoms with E-state index < -0.39 is 76.8 Å². The minimum atomic E-state index is -4.82. The van der Waals surface area contributed by atoms with Crippen LogP contribution in [-0.4, -0.2) is 65.7 Å². The van der Waals surface area contributed by atoms with Crippen molar-refractivity contribution in [2.24, 2.45) is 0 Å². The first-order valence-corrected chi connectivity index (χ1v) is 16.2. The maximum absolute atomic E-state index is 13.8. The van der Waals surface area contributed by atoms with Crippen molar-refractivity contribution >= 4 is 51.7 Å². The summed E-state index contributed by atoms with van der Waals surface area (Å²) in [7, 11) is 2.91. The van der Waals surface area contributed by atoms with Crippen molar-refractivity contribution in [2.45, 2.75) is 38.0 Å². The highest BCUT2D eigenvalue weighted by molar-refractivity contribution is 7.89. The summed E-state index contributed by atoms with van der Waals surface area (Å²) in [4.78, 5) is 31.6. The van der Waals surface area contributed by atoms with E-state index in [1.54, 1.807) is 6.07 Å².